The van der Waals surface area contributed by atoms with E-state index in [0.717, 1.165) is 48.8 Å². The van der Waals surface area contributed by atoms with E-state index in [0.29, 0.717) is 37.8 Å². The molecular weight excluding hydrogens is 516 g/mol. The largest absolute Gasteiger partial charge is 0.371 e. The molecule has 2 saturated heterocycles. The topological polar surface area (TPSA) is 111 Å². The van der Waals surface area contributed by atoms with Gasteiger partial charge in [0.25, 0.3) is 5.91 Å². The van der Waals surface area contributed by atoms with Crippen LogP contribution >= 0.6 is 0 Å². The van der Waals surface area contributed by atoms with Crippen molar-refractivity contribution in [2.75, 3.05) is 69.6 Å². The van der Waals surface area contributed by atoms with Crippen LogP contribution in [-0.4, -0.2) is 102 Å². The van der Waals surface area contributed by atoms with Crippen LogP contribution in [0, 0.1) is 0 Å². The molecule has 2 aromatic rings. The first-order valence-corrected chi connectivity index (χ1v) is 14.7. The molecule has 0 atom stereocenters. The third-order valence-electron chi connectivity index (χ3n) is 8.55. The van der Waals surface area contributed by atoms with Gasteiger partial charge >= 0.3 is 0 Å². The number of likely N-dealkylation sites (N-methyl/N-ethyl adjacent to an activating group) is 1. The molecule has 2 fully saturated rings. The Balaban J connectivity index is 1.28. The van der Waals surface area contributed by atoms with Crippen molar-refractivity contribution >= 4 is 34.6 Å². The number of nitrogens with two attached hydrogens (primary N) is 1. The van der Waals surface area contributed by atoms with E-state index < -0.39 is 5.91 Å². The number of aromatic nitrogens is 2. The van der Waals surface area contributed by atoms with E-state index in [-0.39, 0.29) is 11.6 Å². The summed E-state index contributed by atoms with van der Waals surface area (Å²) in [6, 6.07) is 8.94. The van der Waals surface area contributed by atoms with Gasteiger partial charge in [-0.3, -0.25) is 14.5 Å². The zero-order valence-electron chi connectivity index (χ0n) is 24.3. The molecule has 10 heteroatoms. The summed E-state index contributed by atoms with van der Waals surface area (Å²) in [5.74, 6) is -0.367. The van der Waals surface area contributed by atoms with Crippen molar-refractivity contribution in [3.05, 3.63) is 60.1 Å². The lowest BCUT2D eigenvalue weighted by molar-refractivity contribution is -0.125. The number of piperazine rings is 1. The lowest BCUT2D eigenvalue weighted by Crippen LogP contribution is -2.52. The van der Waals surface area contributed by atoms with Gasteiger partial charge < -0.3 is 25.8 Å². The summed E-state index contributed by atoms with van der Waals surface area (Å²) in [6.45, 7) is 13.4. The number of benzene rings is 1. The fourth-order valence-electron chi connectivity index (χ4n) is 6.01. The monoisotopic (exact) mass is 558 g/mol. The maximum absolute atomic E-state index is 12.3. The van der Waals surface area contributed by atoms with Gasteiger partial charge in [-0.15, -0.1) is 0 Å². The van der Waals surface area contributed by atoms with Crippen LogP contribution in [0.3, 0.4) is 0 Å². The van der Waals surface area contributed by atoms with Crippen molar-refractivity contribution in [1.82, 2.24) is 24.7 Å². The van der Waals surface area contributed by atoms with Gasteiger partial charge in [-0.25, -0.2) is 9.97 Å². The predicted molar refractivity (Wildman–Crippen MR) is 163 cm³/mol. The number of nitrogens with one attached hydrogen (secondary N) is 1. The maximum Gasteiger partial charge on any atom is 0.271 e. The molecule has 1 aromatic heterocycles. The van der Waals surface area contributed by atoms with Gasteiger partial charge in [0.1, 0.15) is 0 Å². The van der Waals surface area contributed by atoms with Crippen LogP contribution in [0.2, 0.25) is 0 Å². The normalized spacial score (nSPS) is 19.1. The number of primary amides is 1. The van der Waals surface area contributed by atoms with Crippen molar-refractivity contribution in [1.29, 1.82) is 0 Å². The Morgan fingerprint density at radius 1 is 1.05 bits per heavy atom. The molecule has 218 valence electrons. The Morgan fingerprint density at radius 2 is 1.76 bits per heavy atom. The highest BCUT2D eigenvalue weighted by Crippen LogP contribution is 2.29. The number of anilines is 3. The Kier molecular flexibility index (Phi) is 8.99. The van der Waals surface area contributed by atoms with Crippen molar-refractivity contribution in [3.63, 3.8) is 0 Å². The van der Waals surface area contributed by atoms with Crippen LogP contribution in [-0.2, 0) is 11.2 Å². The lowest BCUT2D eigenvalue weighted by Gasteiger charge is -2.42. The second-order valence-electron chi connectivity index (χ2n) is 11.1. The molecule has 41 heavy (non-hydrogen) atoms. The summed E-state index contributed by atoms with van der Waals surface area (Å²) in [7, 11) is 2.20. The molecule has 0 unspecified atom stereocenters. The second kappa shape index (κ2) is 12.8. The summed E-state index contributed by atoms with van der Waals surface area (Å²) < 4.78 is 0. The molecule has 0 aliphatic carbocycles. The Morgan fingerprint density at radius 3 is 2.34 bits per heavy atom. The van der Waals surface area contributed by atoms with Crippen LogP contribution in [0.25, 0.3) is 5.57 Å². The summed E-state index contributed by atoms with van der Waals surface area (Å²) in [5, 5.41) is 3.30. The van der Waals surface area contributed by atoms with Gasteiger partial charge in [0.05, 0.1) is 11.4 Å². The molecular formula is C31H42N8O2. The average molecular weight is 559 g/mol. The first-order valence-electron chi connectivity index (χ1n) is 14.7. The van der Waals surface area contributed by atoms with Gasteiger partial charge in [0.2, 0.25) is 5.91 Å². The SMILES string of the molecule is C=CC(=O)N1CC=C(c2nc(Nc3ccc(N4CCC(N5CCN(C)CC5)CC4)cc3)c(C(N)=O)nc2CC)CC1. The quantitative estimate of drug-likeness (QED) is 0.476. The second-order valence-corrected chi connectivity index (χ2v) is 11.1. The van der Waals surface area contributed by atoms with Crippen molar-refractivity contribution < 1.29 is 9.59 Å². The minimum Gasteiger partial charge on any atom is -0.371 e. The number of hydrogen-bond donors (Lipinski definition) is 2. The van der Waals surface area contributed by atoms with Crippen molar-refractivity contribution in [2.24, 2.45) is 5.73 Å². The molecule has 3 aliphatic heterocycles. The van der Waals surface area contributed by atoms with Crippen LogP contribution < -0.4 is 16.0 Å². The summed E-state index contributed by atoms with van der Waals surface area (Å²) in [6.07, 6.45) is 6.96. The fourth-order valence-corrected chi connectivity index (χ4v) is 6.01. The Bertz CT molecular complexity index is 1290. The first-order chi connectivity index (χ1) is 19.9. The highest BCUT2D eigenvalue weighted by atomic mass is 16.2. The maximum atomic E-state index is 12.3. The van der Waals surface area contributed by atoms with Gasteiger partial charge in [0, 0.05) is 69.8 Å². The first kappa shape index (κ1) is 28.8. The molecule has 0 spiro atoms. The van der Waals surface area contributed by atoms with Gasteiger partial charge in [0.15, 0.2) is 11.5 Å². The van der Waals surface area contributed by atoms with E-state index in [2.05, 4.69) is 50.8 Å². The van der Waals surface area contributed by atoms with E-state index >= 15 is 0 Å². The molecule has 0 radical (unpaired) electrons. The van der Waals surface area contributed by atoms with Gasteiger partial charge in [-0.2, -0.15) is 0 Å². The molecule has 10 nitrogen and oxygen atoms in total. The number of rotatable bonds is 8. The number of carbonyl (C=O) groups is 2. The standard InChI is InChI=1S/C31H42N8O2/c1-4-26-28(22-10-14-39(15-11-22)27(40)5-2)35-31(29(34-26)30(32)41)33-23-6-8-24(9-7-23)37-16-12-25(13-17-37)38-20-18-36(3)19-21-38/h5-10,25H,2,4,11-21H2,1,3H3,(H2,32,41)(H,33,35). The minimum atomic E-state index is -0.624. The summed E-state index contributed by atoms with van der Waals surface area (Å²) in [5.41, 5.74) is 10.3. The number of amides is 2. The van der Waals surface area contributed by atoms with Crippen LogP contribution in [0.4, 0.5) is 17.2 Å². The number of piperidine rings is 1. The number of carbonyl (C=O) groups excluding carboxylic acids is 2. The molecule has 4 heterocycles. The van der Waals surface area contributed by atoms with Gasteiger partial charge in [-0.1, -0.05) is 19.6 Å². The zero-order chi connectivity index (χ0) is 28.9. The van der Waals surface area contributed by atoms with Crippen LogP contribution in [0.15, 0.2) is 43.0 Å². The minimum absolute atomic E-state index is 0.0867. The van der Waals surface area contributed by atoms with Crippen LogP contribution in [0.5, 0.6) is 0 Å². The van der Waals surface area contributed by atoms with Crippen molar-refractivity contribution in [3.8, 4) is 0 Å². The smallest absolute Gasteiger partial charge is 0.271 e. The molecule has 5 rings (SSSR count). The van der Waals surface area contributed by atoms with E-state index in [9.17, 15) is 9.59 Å². The van der Waals surface area contributed by atoms with E-state index in [1.807, 2.05) is 25.1 Å². The number of hydrogen-bond acceptors (Lipinski definition) is 8. The van der Waals surface area contributed by atoms with Crippen molar-refractivity contribution in [2.45, 2.75) is 38.6 Å². The van der Waals surface area contributed by atoms with E-state index in [4.69, 9.17) is 10.7 Å². The summed E-state index contributed by atoms with van der Waals surface area (Å²) >= 11 is 0. The van der Waals surface area contributed by atoms with E-state index in [1.165, 1.54) is 37.7 Å². The predicted octanol–water partition coefficient (Wildman–Crippen LogP) is 2.90. The van der Waals surface area contributed by atoms with Crippen LogP contribution in [0.1, 0.15) is 48.1 Å². The lowest BCUT2D eigenvalue weighted by atomic mass is 10.0. The fraction of sp³-hybridized carbons (Fsp3) is 0.484. The third-order valence-corrected chi connectivity index (χ3v) is 8.55. The highest BCUT2D eigenvalue weighted by Gasteiger charge is 2.27. The molecule has 3 N–H and O–H groups in total. The highest BCUT2D eigenvalue weighted by molar-refractivity contribution is 5.96. The molecule has 0 bridgehead atoms. The average Bonchev–Trinajstić information content (AvgIpc) is 3.01. The van der Waals surface area contributed by atoms with Gasteiger partial charge in [-0.05, 0) is 68.6 Å². The number of nitrogens with zero attached hydrogens (tertiary/aromatic N) is 6. The summed E-state index contributed by atoms with van der Waals surface area (Å²) in [4.78, 5) is 43.1. The zero-order valence-corrected chi connectivity index (χ0v) is 24.3. The third kappa shape index (κ3) is 6.60. The molecule has 2 amide bonds. The molecule has 3 aliphatic rings. The van der Waals surface area contributed by atoms with E-state index in [1.54, 1.807) is 4.90 Å². The molecule has 1 aromatic carbocycles. The number of aryl methyl sites for hydroxylation is 1. The molecule has 0 saturated carbocycles. The Hall–Kier alpha value is -3.76. The Labute approximate surface area is 242 Å².